The average Bonchev–Trinajstić information content (AvgIpc) is 2.81. The number of hydrogen-bond acceptors (Lipinski definition) is 4. The van der Waals surface area contributed by atoms with E-state index in [-0.39, 0.29) is 0 Å². The molecule has 0 amide bonds. The first-order chi connectivity index (χ1) is 10.6. The van der Waals surface area contributed by atoms with E-state index < -0.39 is 23.3 Å². The molecule has 1 aliphatic carbocycles. The Morgan fingerprint density at radius 2 is 1.36 bits per heavy atom. The van der Waals surface area contributed by atoms with Gasteiger partial charge >= 0.3 is 0 Å². The minimum Gasteiger partial charge on any atom is -0.400 e. The van der Waals surface area contributed by atoms with Crippen molar-refractivity contribution in [1.82, 2.24) is 0 Å². The van der Waals surface area contributed by atoms with E-state index >= 15 is 0 Å². The van der Waals surface area contributed by atoms with Crippen LogP contribution in [0.4, 0.5) is 0 Å². The summed E-state index contributed by atoms with van der Waals surface area (Å²) < 4.78 is 0.835. The number of ketones is 3. The normalized spacial score (nSPS) is 13.4. The summed E-state index contributed by atoms with van der Waals surface area (Å²) in [4.78, 5) is 36.9. The quantitative estimate of drug-likeness (QED) is 0.660. The SMILES string of the molecule is CO.O=C(c1ccc(Br)cc1)C1C(=O)c2ccccc2C1=O. The highest BCUT2D eigenvalue weighted by Gasteiger charge is 2.43. The summed E-state index contributed by atoms with van der Waals surface area (Å²) in [6.45, 7) is 0. The van der Waals surface area contributed by atoms with Gasteiger partial charge in [-0.1, -0.05) is 52.3 Å². The average molecular weight is 361 g/mol. The molecule has 1 aliphatic rings. The highest BCUT2D eigenvalue weighted by atomic mass is 79.9. The molecule has 112 valence electrons. The molecule has 0 unspecified atom stereocenters. The Morgan fingerprint density at radius 3 is 1.82 bits per heavy atom. The number of Topliss-reactive ketones (excluding diaryl/α,β-unsaturated/α-hetero) is 3. The van der Waals surface area contributed by atoms with Crippen molar-refractivity contribution in [3.63, 3.8) is 0 Å². The van der Waals surface area contributed by atoms with Gasteiger partial charge in [-0.2, -0.15) is 0 Å². The number of carbonyl (C=O) groups excluding carboxylic acids is 3. The van der Waals surface area contributed by atoms with Crippen molar-refractivity contribution < 1.29 is 19.5 Å². The van der Waals surface area contributed by atoms with Crippen LogP contribution >= 0.6 is 15.9 Å². The number of carbonyl (C=O) groups is 3. The van der Waals surface area contributed by atoms with Crippen LogP contribution in [0.15, 0.2) is 53.0 Å². The van der Waals surface area contributed by atoms with Gasteiger partial charge < -0.3 is 5.11 Å². The smallest absolute Gasteiger partial charge is 0.182 e. The molecule has 0 fully saturated rings. The standard InChI is InChI=1S/C16H9BrO3.CH4O/c17-10-7-5-9(6-8-10)14(18)13-15(19)11-3-1-2-4-12(11)16(13)20;1-2/h1-8,13H;2H,1H3. The third-order valence-corrected chi connectivity index (χ3v) is 3.90. The molecule has 2 aromatic carbocycles. The summed E-state index contributed by atoms with van der Waals surface area (Å²) in [5.74, 6) is -2.48. The van der Waals surface area contributed by atoms with Gasteiger partial charge in [-0.3, -0.25) is 14.4 Å². The van der Waals surface area contributed by atoms with Crippen LogP contribution in [0, 0.1) is 5.92 Å². The van der Waals surface area contributed by atoms with Crippen LogP contribution in [-0.4, -0.2) is 29.6 Å². The number of fused-ring (bicyclic) bond motifs is 1. The Bertz CT molecular complexity index is 700. The number of benzene rings is 2. The van der Waals surface area contributed by atoms with Crippen LogP contribution in [0.3, 0.4) is 0 Å². The molecule has 0 radical (unpaired) electrons. The summed E-state index contributed by atoms with van der Waals surface area (Å²) in [6.07, 6.45) is 0. The molecule has 0 spiro atoms. The molecule has 0 saturated heterocycles. The second kappa shape index (κ2) is 6.77. The summed E-state index contributed by atoms with van der Waals surface area (Å²) in [5.41, 5.74) is 1.05. The second-order valence-corrected chi connectivity index (χ2v) is 5.49. The minimum atomic E-state index is -1.23. The fourth-order valence-corrected chi connectivity index (χ4v) is 2.63. The zero-order valence-electron chi connectivity index (χ0n) is 11.7. The fourth-order valence-electron chi connectivity index (χ4n) is 2.36. The number of aliphatic hydroxyl groups excluding tert-OH is 1. The number of aliphatic hydroxyl groups is 1. The predicted octanol–water partition coefficient (Wildman–Crippen LogP) is 2.94. The van der Waals surface area contributed by atoms with Crippen LogP contribution in [0.5, 0.6) is 0 Å². The van der Waals surface area contributed by atoms with Crippen LogP contribution < -0.4 is 0 Å². The van der Waals surface area contributed by atoms with Crippen LogP contribution in [0.1, 0.15) is 31.1 Å². The van der Waals surface area contributed by atoms with Crippen LogP contribution in [-0.2, 0) is 0 Å². The summed E-state index contributed by atoms with van der Waals surface area (Å²) >= 11 is 3.28. The molecule has 0 aliphatic heterocycles. The van der Waals surface area contributed by atoms with E-state index in [4.69, 9.17) is 5.11 Å². The zero-order valence-corrected chi connectivity index (χ0v) is 13.3. The van der Waals surface area contributed by atoms with Crippen molar-refractivity contribution in [2.24, 2.45) is 5.92 Å². The Balaban J connectivity index is 0.000000847. The van der Waals surface area contributed by atoms with Gasteiger partial charge in [0.15, 0.2) is 17.3 Å². The lowest BCUT2D eigenvalue weighted by Gasteiger charge is -2.06. The van der Waals surface area contributed by atoms with Crippen molar-refractivity contribution >= 4 is 33.3 Å². The predicted molar refractivity (Wildman–Crippen MR) is 85.2 cm³/mol. The molecule has 0 bridgehead atoms. The van der Waals surface area contributed by atoms with Gasteiger partial charge in [-0.25, -0.2) is 0 Å². The van der Waals surface area contributed by atoms with Gasteiger partial charge in [0, 0.05) is 28.3 Å². The summed E-state index contributed by atoms with van der Waals surface area (Å²) in [6, 6.07) is 13.2. The molecule has 2 aromatic rings. The lowest BCUT2D eigenvalue weighted by molar-refractivity contribution is 0.0756. The first-order valence-electron chi connectivity index (χ1n) is 6.51. The Labute approximate surface area is 135 Å². The lowest BCUT2D eigenvalue weighted by atomic mass is 9.93. The first kappa shape index (κ1) is 16.3. The maximum absolute atomic E-state index is 12.4. The Hall–Kier alpha value is -2.11. The molecule has 0 aromatic heterocycles. The van der Waals surface area contributed by atoms with E-state index in [2.05, 4.69) is 15.9 Å². The van der Waals surface area contributed by atoms with Crippen LogP contribution in [0.2, 0.25) is 0 Å². The topological polar surface area (TPSA) is 71.4 Å². The fraction of sp³-hybridized carbons (Fsp3) is 0.118. The Morgan fingerprint density at radius 1 is 0.909 bits per heavy atom. The van der Waals surface area contributed by atoms with Crippen molar-refractivity contribution in [2.75, 3.05) is 7.11 Å². The third kappa shape index (κ3) is 2.77. The van der Waals surface area contributed by atoms with Gasteiger partial charge in [-0.15, -0.1) is 0 Å². The maximum Gasteiger partial charge on any atom is 0.182 e. The van der Waals surface area contributed by atoms with E-state index in [0.717, 1.165) is 11.6 Å². The van der Waals surface area contributed by atoms with Gasteiger partial charge in [0.05, 0.1) is 0 Å². The van der Waals surface area contributed by atoms with E-state index in [1.807, 2.05) is 0 Å². The summed E-state index contributed by atoms with van der Waals surface area (Å²) in [7, 11) is 1.00. The molecule has 5 heteroatoms. The van der Waals surface area contributed by atoms with E-state index in [1.165, 1.54) is 0 Å². The van der Waals surface area contributed by atoms with Crippen LogP contribution in [0.25, 0.3) is 0 Å². The van der Waals surface area contributed by atoms with Crippen molar-refractivity contribution in [1.29, 1.82) is 0 Å². The van der Waals surface area contributed by atoms with Gasteiger partial charge in [-0.05, 0) is 12.1 Å². The molecule has 1 N–H and O–H groups in total. The number of halogens is 1. The number of hydrogen-bond donors (Lipinski definition) is 1. The van der Waals surface area contributed by atoms with E-state index in [9.17, 15) is 14.4 Å². The Kier molecular flexibility index (Phi) is 5.00. The van der Waals surface area contributed by atoms with Gasteiger partial charge in [0.2, 0.25) is 0 Å². The third-order valence-electron chi connectivity index (χ3n) is 3.37. The molecule has 4 nitrogen and oxygen atoms in total. The first-order valence-corrected chi connectivity index (χ1v) is 7.31. The van der Waals surface area contributed by atoms with E-state index in [1.54, 1.807) is 48.5 Å². The van der Waals surface area contributed by atoms with Crippen molar-refractivity contribution in [2.45, 2.75) is 0 Å². The maximum atomic E-state index is 12.4. The molecule has 22 heavy (non-hydrogen) atoms. The molecule has 0 heterocycles. The highest BCUT2D eigenvalue weighted by Crippen LogP contribution is 2.29. The lowest BCUT2D eigenvalue weighted by Crippen LogP contribution is -2.25. The second-order valence-electron chi connectivity index (χ2n) is 4.58. The van der Waals surface area contributed by atoms with Gasteiger partial charge in [0.1, 0.15) is 5.92 Å². The highest BCUT2D eigenvalue weighted by molar-refractivity contribution is 9.10. The van der Waals surface area contributed by atoms with Gasteiger partial charge in [0.25, 0.3) is 0 Å². The molecule has 0 saturated carbocycles. The molecule has 3 rings (SSSR count). The largest absolute Gasteiger partial charge is 0.400 e. The molecule has 0 atom stereocenters. The summed E-state index contributed by atoms with van der Waals surface area (Å²) in [5, 5.41) is 7.00. The zero-order chi connectivity index (χ0) is 16.3. The number of rotatable bonds is 2. The molecular formula is C17H13BrO4. The minimum absolute atomic E-state index is 0.341. The van der Waals surface area contributed by atoms with Crippen molar-refractivity contribution in [3.8, 4) is 0 Å². The van der Waals surface area contributed by atoms with Crippen molar-refractivity contribution in [3.05, 3.63) is 69.7 Å². The molecular weight excluding hydrogens is 348 g/mol. The van der Waals surface area contributed by atoms with E-state index in [0.29, 0.717) is 16.7 Å². The monoisotopic (exact) mass is 360 g/mol.